The SMILES string of the molecule is COCc1nccc(C2(c3ccc(OC(C)F)c(C)c3)N=C(N)N(C)C2=O)n1. The molecule has 3 rings (SSSR count). The van der Waals surface area contributed by atoms with E-state index in [4.69, 9.17) is 15.2 Å². The number of ether oxygens (including phenoxy) is 2. The Morgan fingerprint density at radius 3 is 2.68 bits per heavy atom. The fraction of sp³-hybridized carbons (Fsp3) is 0.368. The van der Waals surface area contributed by atoms with Gasteiger partial charge in [0, 0.05) is 27.3 Å². The number of benzene rings is 1. The quantitative estimate of drug-likeness (QED) is 0.809. The van der Waals surface area contributed by atoms with Gasteiger partial charge in [-0.15, -0.1) is 0 Å². The van der Waals surface area contributed by atoms with Gasteiger partial charge < -0.3 is 15.2 Å². The van der Waals surface area contributed by atoms with Gasteiger partial charge >= 0.3 is 0 Å². The fourth-order valence-corrected chi connectivity index (χ4v) is 3.12. The number of nitrogens with two attached hydrogens (primary N) is 1. The molecule has 0 fully saturated rings. The Hall–Kier alpha value is -3.07. The molecule has 9 heteroatoms. The maximum absolute atomic E-state index is 13.2. The third kappa shape index (κ3) is 3.29. The standard InChI is InChI=1S/C19H22FN5O3/c1-11-9-13(5-6-14(11)28-12(2)20)19(17(26)25(3)18(21)24-19)15-7-8-22-16(23-15)10-27-4/h5-9,12H,10H2,1-4H3,(H2,21,24). The first kappa shape index (κ1) is 19.7. The van der Waals surface area contributed by atoms with Crippen molar-refractivity contribution in [3.05, 3.63) is 53.1 Å². The van der Waals surface area contributed by atoms with Gasteiger partial charge in [0.1, 0.15) is 12.4 Å². The summed E-state index contributed by atoms with van der Waals surface area (Å²) in [5, 5.41) is 0. The van der Waals surface area contributed by atoms with E-state index >= 15 is 0 Å². The summed E-state index contributed by atoms with van der Waals surface area (Å²) in [4.78, 5) is 27.6. The third-order valence-corrected chi connectivity index (χ3v) is 4.47. The number of likely N-dealkylation sites (N-methyl/N-ethyl adjacent to an activating group) is 1. The molecule has 2 N–H and O–H groups in total. The van der Waals surface area contributed by atoms with E-state index in [0.717, 1.165) is 0 Å². The van der Waals surface area contributed by atoms with Crippen molar-refractivity contribution in [1.29, 1.82) is 0 Å². The molecule has 0 bridgehead atoms. The number of carbonyl (C=O) groups excluding carboxylic acids is 1. The summed E-state index contributed by atoms with van der Waals surface area (Å²) < 4.78 is 23.5. The average molecular weight is 387 g/mol. The first-order chi connectivity index (χ1) is 13.3. The molecule has 0 saturated heterocycles. The monoisotopic (exact) mass is 387 g/mol. The van der Waals surface area contributed by atoms with Crippen LogP contribution in [0.25, 0.3) is 0 Å². The van der Waals surface area contributed by atoms with Crippen molar-refractivity contribution in [3.8, 4) is 5.75 Å². The molecule has 1 aliphatic heterocycles. The number of nitrogens with zero attached hydrogens (tertiary/aromatic N) is 4. The number of rotatable bonds is 6. The van der Waals surface area contributed by atoms with E-state index in [-0.39, 0.29) is 18.5 Å². The van der Waals surface area contributed by atoms with E-state index in [0.29, 0.717) is 28.4 Å². The molecule has 0 radical (unpaired) electrons. The highest BCUT2D eigenvalue weighted by molar-refractivity contribution is 6.08. The minimum absolute atomic E-state index is 0.0762. The Morgan fingerprint density at radius 2 is 2.11 bits per heavy atom. The summed E-state index contributed by atoms with van der Waals surface area (Å²) >= 11 is 0. The highest BCUT2D eigenvalue weighted by Gasteiger charge is 2.51. The predicted molar refractivity (Wildman–Crippen MR) is 100 cm³/mol. The van der Waals surface area contributed by atoms with Crippen molar-refractivity contribution >= 4 is 11.9 Å². The summed E-state index contributed by atoms with van der Waals surface area (Å²) in [6, 6.07) is 6.62. The second-order valence-electron chi connectivity index (χ2n) is 6.48. The number of aliphatic imine (C=N–C) groups is 1. The Balaban J connectivity index is 2.18. The van der Waals surface area contributed by atoms with Crippen LogP contribution in [0.1, 0.15) is 29.6 Å². The molecule has 0 spiro atoms. The zero-order valence-corrected chi connectivity index (χ0v) is 16.1. The highest BCUT2D eigenvalue weighted by atomic mass is 19.1. The molecule has 8 nitrogen and oxygen atoms in total. The largest absolute Gasteiger partial charge is 0.460 e. The van der Waals surface area contributed by atoms with Crippen molar-refractivity contribution in [2.24, 2.45) is 10.7 Å². The van der Waals surface area contributed by atoms with Crippen molar-refractivity contribution in [2.45, 2.75) is 32.4 Å². The summed E-state index contributed by atoms with van der Waals surface area (Å²) in [7, 11) is 3.08. The molecule has 0 aliphatic carbocycles. The lowest BCUT2D eigenvalue weighted by molar-refractivity contribution is -0.129. The average Bonchev–Trinajstić information content (AvgIpc) is 2.88. The number of halogens is 1. The van der Waals surface area contributed by atoms with E-state index < -0.39 is 11.9 Å². The van der Waals surface area contributed by atoms with Crippen LogP contribution in [-0.4, -0.2) is 47.2 Å². The van der Waals surface area contributed by atoms with Gasteiger partial charge in [0.05, 0.1) is 5.69 Å². The van der Waals surface area contributed by atoms with Crippen LogP contribution in [0.4, 0.5) is 4.39 Å². The van der Waals surface area contributed by atoms with Crippen molar-refractivity contribution in [3.63, 3.8) is 0 Å². The number of aromatic nitrogens is 2. The molecule has 1 amide bonds. The zero-order valence-electron chi connectivity index (χ0n) is 16.1. The summed E-state index contributed by atoms with van der Waals surface area (Å²) in [6.07, 6.45) is 0.0927. The lowest BCUT2D eigenvalue weighted by Crippen LogP contribution is -2.41. The lowest BCUT2D eigenvalue weighted by atomic mass is 9.85. The van der Waals surface area contributed by atoms with Crippen molar-refractivity contribution < 1.29 is 18.7 Å². The molecule has 2 atom stereocenters. The van der Waals surface area contributed by atoms with Gasteiger partial charge in [0.15, 0.2) is 11.8 Å². The number of carbonyl (C=O) groups is 1. The first-order valence-electron chi connectivity index (χ1n) is 8.66. The minimum Gasteiger partial charge on any atom is -0.460 e. The van der Waals surface area contributed by atoms with E-state index in [1.54, 1.807) is 44.4 Å². The van der Waals surface area contributed by atoms with Crippen LogP contribution in [-0.2, 0) is 21.7 Å². The van der Waals surface area contributed by atoms with Gasteiger partial charge in [0.2, 0.25) is 11.9 Å². The molecule has 0 saturated carbocycles. The summed E-state index contributed by atoms with van der Waals surface area (Å²) in [5.41, 5.74) is 6.07. The van der Waals surface area contributed by atoms with E-state index in [1.807, 2.05) is 0 Å². The summed E-state index contributed by atoms with van der Waals surface area (Å²) in [6.45, 7) is 3.25. The second kappa shape index (κ2) is 7.51. The maximum Gasteiger partial charge on any atom is 0.267 e. The topological polar surface area (TPSA) is 103 Å². The van der Waals surface area contributed by atoms with E-state index in [1.165, 1.54) is 18.9 Å². The van der Waals surface area contributed by atoms with Gasteiger partial charge in [-0.25, -0.2) is 19.4 Å². The zero-order chi connectivity index (χ0) is 20.5. The number of methoxy groups -OCH3 is 1. The number of hydrogen-bond donors (Lipinski definition) is 1. The molecule has 2 unspecified atom stereocenters. The Labute approximate surface area is 162 Å². The fourth-order valence-electron chi connectivity index (χ4n) is 3.12. The molecule has 148 valence electrons. The van der Waals surface area contributed by atoms with Crippen LogP contribution in [0.2, 0.25) is 0 Å². The second-order valence-corrected chi connectivity index (χ2v) is 6.48. The molecular weight excluding hydrogens is 365 g/mol. The third-order valence-electron chi connectivity index (χ3n) is 4.47. The molecule has 1 aromatic carbocycles. The Bertz CT molecular complexity index is 934. The summed E-state index contributed by atoms with van der Waals surface area (Å²) in [5.74, 6) is 0.525. The van der Waals surface area contributed by atoms with Crippen LogP contribution in [0.5, 0.6) is 5.75 Å². The van der Waals surface area contributed by atoms with Gasteiger partial charge in [-0.1, -0.05) is 6.07 Å². The Morgan fingerprint density at radius 1 is 1.36 bits per heavy atom. The van der Waals surface area contributed by atoms with Gasteiger partial charge in [0.25, 0.3) is 5.91 Å². The Kier molecular flexibility index (Phi) is 5.28. The van der Waals surface area contributed by atoms with Crippen LogP contribution >= 0.6 is 0 Å². The van der Waals surface area contributed by atoms with Crippen molar-refractivity contribution in [2.75, 3.05) is 14.2 Å². The smallest absolute Gasteiger partial charge is 0.267 e. The molecule has 2 heterocycles. The predicted octanol–water partition coefficient (Wildman–Crippen LogP) is 1.66. The number of aryl methyl sites for hydroxylation is 1. The van der Waals surface area contributed by atoms with Crippen molar-refractivity contribution in [1.82, 2.24) is 14.9 Å². The number of amides is 1. The molecular formula is C19H22FN5O3. The van der Waals surface area contributed by atoms with Gasteiger partial charge in [-0.2, -0.15) is 0 Å². The van der Waals surface area contributed by atoms with Crippen LogP contribution in [0.15, 0.2) is 35.5 Å². The van der Waals surface area contributed by atoms with E-state index in [9.17, 15) is 9.18 Å². The first-order valence-corrected chi connectivity index (χ1v) is 8.66. The van der Waals surface area contributed by atoms with Crippen LogP contribution < -0.4 is 10.5 Å². The molecule has 28 heavy (non-hydrogen) atoms. The van der Waals surface area contributed by atoms with E-state index in [2.05, 4.69) is 15.0 Å². The minimum atomic E-state index is -1.46. The molecule has 2 aromatic rings. The lowest BCUT2D eigenvalue weighted by Gasteiger charge is -2.26. The molecule has 1 aromatic heterocycles. The van der Waals surface area contributed by atoms with Crippen LogP contribution in [0.3, 0.4) is 0 Å². The molecule has 1 aliphatic rings. The van der Waals surface area contributed by atoms with Gasteiger partial charge in [-0.05, 0) is 36.2 Å². The number of guanidine groups is 1. The van der Waals surface area contributed by atoms with Crippen LogP contribution in [0, 0.1) is 6.92 Å². The highest BCUT2D eigenvalue weighted by Crippen LogP contribution is 2.39. The maximum atomic E-state index is 13.2. The normalized spacial score (nSPS) is 20.2. The number of hydrogen-bond acceptors (Lipinski definition) is 7. The van der Waals surface area contributed by atoms with Gasteiger partial charge in [-0.3, -0.25) is 9.69 Å². The number of alkyl halides is 1.